The van der Waals surface area contributed by atoms with Gasteiger partial charge in [0.2, 0.25) is 0 Å². The number of sulfone groups is 1. The lowest BCUT2D eigenvalue weighted by atomic mass is 10.3. The Kier molecular flexibility index (Phi) is 2.69. The topological polar surface area (TPSA) is 72.0 Å². The zero-order valence-corrected chi connectivity index (χ0v) is 9.84. The van der Waals surface area contributed by atoms with Crippen molar-refractivity contribution < 1.29 is 13.2 Å². The van der Waals surface area contributed by atoms with Crippen LogP contribution in [0.25, 0.3) is 11.0 Å². The van der Waals surface area contributed by atoms with E-state index in [1.807, 2.05) is 0 Å². The van der Waals surface area contributed by atoms with Crippen LogP contribution >= 0.6 is 0 Å². The molecular formula is C10H12N2O3S. The van der Waals surface area contributed by atoms with Crippen molar-refractivity contribution in [1.82, 2.24) is 9.97 Å². The molecule has 0 atom stereocenters. The van der Waals surface area contributed by atoms with Gasteiger partial charge in [-0.1, -0.05) is 0 Å². The summed E-state index contributed by atoms with van der Waals surface area (Å²) in [7, 11) is -1.60. The van der Waals surface area contributed by atoms with Crippen molar-refractivity contribution in [2.24, 2.45) is 0 Å². The summed E-state index contributed by atoms with van der Waals surface area (Å²) >= 11 is 0. The Labute approximate surface area is 93.4 Å². The van der Waals surface area contributed by atoms with Crippen LogP contribution in [0.2, 0.25) is 0 Å². The number of nitrogens with zero attached hydrogens (tertiary/aromatic N) is 1. The normalized spacial score (nSPS) is 12.1. The Morgan fingerprint density at radius 1 is 1.44 bits per heavy atom. The van der Waals surface area contributed by atoms with Crippen LogP contribution in [0.4, 0.5) is 0 Å². The number of nitrogens with one attached hydrogen (secondary N) is 1. The van der Waals surface area contributed by atoms with Gasteiger partial charge >= 0.3 is 0 Å². The molecule has 6 heteroatoms. The van der Waals surface area contributed by atoms with Crippen molar-refractivity contribution in [3.8, 4) is 0 Å². The number of aromatic nitrogens is 2. The molecular weight excluding hydrogens is 228 g/mol. The molecule has 0 fully saturated rings. The summed E-state index contributed by atoms with van der Waals surface area (Å²) in [5, 5.41) is 0. The highest BCUT2D eigenvalue weighted by Crippen LogP contribution is 2.17. The average molecular weight is 240 g/mol. The molecule has 0 unspecified atom stereocenters. The first kappa shape index (κ1) is 11.1. The molecule has 2 rings (SSSR count). The second-order valence-corrected chi connectivity index (χ2v) is 5.58. The van der Waals surface area contributed by atoms with Gasteiger partial charge in [-0.2, -0.15) is 0 Å². The number of methoxy groups -OCH3 is 1. The highest BCUT2D eigenvalue weighted by atomic mass is 32.2. The molecule has 0 radical (unpaired) electrons. The number of ether oxygens (including phenoxy) is 1. The lowest BCUT2D eigenvalue weighted by Gasteiger charge is -1.96. The molecule has 1 N–H and O–H groups in total. The zero-order valence-electron chi connectivity index (χ0n) is 9.02. The SMILES string of the molecule is COCc1nc2ccc(S(C)(=O)=O)cc2[nH]1. The van der Waals surface area contributed by atoms with Crippen LogP contribution in [0.5, 0.6) is 0 Å². The van der Waals surface area contributed by atoms with Gasteiger partial charge in [0.05, 0.1) is 15.9 Å². The first-order chi connectivity index (χ1) is 7.50. The van der Waals surface area contributed by atoms with Crippen LogP contribution in [-0.2, 0) is 21.2 Å². The molecule has 0 aliphatic rings. The molecule has 2 aromatic rings. The molecule has 16 heavy (non-hydrogen) atoms. The van der Waals surface area contributed by atoms with Crippen LogP contribution in [0.15, 0.2) is 23.1 Å². The standard InChI is InChI=1S/C10H12N2O3S/c1-15-6-10-11-8-4-3-7(16(2,13)14)5-9(8)12-10/h3-5H,6H2,1-2H3,(H,11,12). The molecule has 0 aliphatic heterocycles. The Balaban J connectivity index is 2.54. The minimum atomic E-state index is -3.18. The molecule has 1 heterocycles. The molecule has 0 saturated carbocycles. The summed E-state index contributed by atoms with van der Waals surface area (Å²) in [4.78, 5) is 7.54. The van der Waals surface area contributed by atoms with E-state index >= 15 is 0 Å². The molecule has 1 aromatic carbocycles. The Hall–Kier alpha value is -1.40. The molecule has 1 aromatic heterocycles. The van der Waals surface area contributed by atoms with E-state index < -0.39 is 9.84 Å². The number of hydrogen-bond donors (Lipinski definition) is 1. The Bertz CT molecular complexity index is 616. The maximum absolute atomic E-state index is 11.4. The summed E-state index contributed by atoms with van der Waals surface area (Å²) in [6.45, 7) is 0.378. The first-order valence-electron chi connectivity index (χ1n) is 4.68. The van der Waals surface area contributed by atoms with E-state index in [1.54, 1.807) is 25.3 Å². The van der Waals surface area contributed by atoms with Gasteiger partial charge in [0.25, 0.3) is 0 Å². The second-order valence-electron chi connectivity index (χ2n) is 3.57. The first-order valence-corrected chi connectivity index (χ1v) is 6.57. The van der Waals surface area contributed by atoms with Gasteiger partial charge in [-0.05, 0) is 18.2 Å². The average Bonchev–Trinajstić information content (AvgIpc) is 2.57. The van der Waals surface area contributed by atoms with E-state index in [0.717, 1.165) is 5.52 Å². The van der Waals surface area contributed by atoms with Crippen molar-refractivity contribution >= 4 is 20.9 Å². The fourth-order valence-corrected chi connectivity index (χ4v) is 2.12. The zero-order chi connectivity index (χ0) is 11.8. The van der Waals surface area contributed by atoms with Gasteiger partial charge in [0.1, 0.15) is 12.4 Å². The van der Waals surface area contributed by atoms with E-state index in [2.05, 4.69) is 9.97 Å². The third-order valence-electron chi connectivity index (χ3n) is 2.21. The van der Waals surface area contributed by atoms with Gasteiger partial charge in [0, 0.05) is 13.4 Å². The maximum atomic E-state index is 11.4. The van der Waals surface area contributed by atoms with Crippen molar-refractivity contribution in [2.75, 3.05) is 13.4 Å². The minimum Gasteiger partial charge on any atom is -0.377 e. The van der Waals surface area contributed by atoms with Gasteiger partial charge in [-0.25, -0.2) is 13.4 Å². The fraction of sp³-hybridized carbons (Fsp3) is 0.300. The number of rotatable bonds is 3. The molecule has 0 spiro atoms. The Morgan fingerprint density at radius 2 is 2.19 bits per heavy atom. The number of imidazole rings is 1. The fourth-order valence-electron chi connectivity index (χ4n) is 1.48. The molecule has 0 saturated heterocycles. The summed E-state index contributed by atoms with van der Waals surface area (Å²) in [6, 6.07) is 4.81. The lowest BCUT2D eigenvalue weighted by Crippen LogP contribution is -1.96. The summed E-state index contributed by atoms with van der Waals surface area (Å²) in [5.41, 5.74) is 1.44. The van der Waals surface area contributed by atoms with Crippen molar-refractivity contribution in [3.63, 3.8) is 0 Å². The number of aromatic amines is 1. The third kappa shape index (κ3) is 2.07. The van der Waals surface area contributed by atoms with Crippen molar-refractivity contribution in [2.45, 2.75) is 11.5 Å². The maximum Gasteiger partial charge on any atom is 0.175 e. The predicted molar refractivity (Wildman–Crippen MR) is 59.9 cm³/mol. The number of hydrogen-bond acceptors (Lipinski definition) is 4. The molecule has 0 aliphatic carbocycles. The number of fused-ring (bicyclic) bond motifs is 1. The monoisotopic (exact) mass is 240 g/mol. The Morgan fingerprint density at radius 3 is 2.81 bits per heavy atom. The van der Waals surface area contributed by atoms with Gasteiger partial charge in [0.15, 0.2) is 9.84 Å². The van der Waals surface area contributed by atoms with Crippen LogP contribution in [0.1, 0.15) is 5.82 Å². The second kappa shape index (κ2) is 3.88. The quantitative estimate of drug-likeness (QED) is 0.872. The predicted octanol–water partition coefficient (Wildman–Crippen LogP) is 1.11. The summed E-state index contributed by atoms with van der Waals surface area (Å²) in [5.74, 6) is 0.683. The van der Waals surface area contributed by atoms with Crippen molar-refractivity contribution in [1.29, 1.82) is 0 Å². The van der Waals surface area contributed by atoms with E-state index in [0.29, 0.717) is 17.9 Å². The molecule has 5 nitrogen and oxygen atoms in total. The van der Waals surface area contributed by atoms with Gasteiger partial charge in [-0.3, -0.25) is 0 Å². The largest absolute Gasteiger partial charge is 0.377 e. The van der Waals surface area contributed by atoms with Crippen LogP contribution < -0.4 is 0 Å². The highest BCUT2D eigenvalue weighted by molar-refractivity contribution is 7.90. The van der Waals surface area contributed by atoms with Crippen LogP contribution in [0, 0.1) is 0 Å². The van der Waals surface area contributed by atoms with Gasteiger partial charge in [-0.15, -0.1) is 0 Å². The smallest absolute Gasteiger partial charge is 0.175 e. The molecule has 86 valence electrons. The van der Waals surface area contributed by atoms with Crippen LogP contribution in [0.3, 0.4) is 0 Å². The summed E-state index contributed by atoms with van der Waals surface area (Å²) in [6.07, 6.45) is 1.18. The van der Waals surface area contributed by atoms with Gasteiger partial charge < -0.3 is 9.72 Å². The van der Waals surface area contributed by atoms with E-state index in [-0.39, 0.29) is 4.90 Å². The van der Waals surface area contributed by atoms with E-state index in [4.69, 9.17) is 4.74 Å². The molecule has 0 bridgehead atoms. The summed E-state index contributed by atoms with van der Waals surface area (Å²) < 4.78 is 27.6. The molecule has 0 amide bonds. The lowest BCUT2D eigenvalue weighted by molar-refractivity contribution is 0.179. The third-order valence-corrected chi connectivity index (χ3v) is 3.32. The highest BCUT2D eigenvalue weighted by Gasteiger charge is 2.09. The minimum absolute atomic E-state index is 0.285. The van der Waals surface area contributed by atoms with E-state index in [9.17, 15) is 8.42 Å². The number of H-pyrrole nitrogens is 1. The van der Waals surface area contributed by atoms with Crippen LogP contribution in [-0.4, -0.2) is 31.8 Å². The van der Waals surface area contributed by atoms with E-state index in [1.165, 1.54) is 6.26 Å². The number of benzene rings is 1. The van der Waals surface area contributed by atoms with Crippen molar-refractivity contribution in [3.05, 3.63) is 24.0 Å².